The first-order valence-corrected chi connectivity index (χ1v) is 5.37. The van der Waals surface area contributed by atoms with Gasteiger partial charge in [-0.1, -0.05) is 33.8 Å². The summed E-state index contributed by atoms with van der Waals surface area (Å²) in [5, 5.41) is 8.83. The van der Waals surface area contributed by atoms with Crippen molar-refractivity contribution in [2.45, 2.75) is 34.1 Å². The molecule has 0 aliphatic heterocycles. The quantitative estimate of drug-likeness (QED) is 0.713. The zero-order chi connectivity index (χ0) is 12.1. The predicted octanol–water partition coefficient (Wildman–Crippen LogP) is 2.39. The van der Waals surface area contributed by atoms with Gasteiger partial charge in [0.05, 0.1) is 0 Å². The Kier molecular flexibility index (Phi) is 5.58. The number of aliphatic carboxylic acids is 1. The van der Waals surface area contributed by atoms with E-state index in [0.717, 1.165) is 6.54 Å². The minimum Gasteiger partial charge on any atom is -0.478 e. The molecule has 0 aromatic rings. The van der Waals surface area contributed by atoms with Crippen molar-refractivity contribution in [3.63, 3.8) is 0 Å². The van der Waals surface area contributed by atoms with Crippen LogP contribution >= 0.6 is 0 Å². The third-order valence-corrected chi connectivity index (χ3v) is 2.05. The van der Waals surface area contributed by atoms with Gasteiger partial charge in [0.15, 0.2) is 0 Å². The van der Waals surface area contributed by atoms with Crippen molar-refractivity contribution in [1.82, 2.24) is 4.90 Å². The second kappa shape index (κ2) is 5.91. The largest absolute Gasteiger partial charge is 0.478 e. The van der Waals surface area contributed by atoms with E-state index >= 15 is 0 Å². The molecule has 0 aliphatic rings. The van der Waals surface area contributed by atoms with Crippen LogP contribution in [-0.2, 0) is 4.79 Å². The van der Waals surface area contributed by atoms with Crippen LogP contribution < -0.4 is 0 Å². The maximum atomic E-state index is 10.7. The molecule has 0 aromatic heterocycles. The fourth-order valence-electron chi connectivity index (χ4n) is 1.52. The molecule has 0 aliphatic carbocycles. The van der Waals surface area contributed by atoms with Crippen molar-refractivity contribution in [1.29, 1.82) is 0 Å². The average Bonchev–Trinajstić information content (AvgIpc) is 2.01. The SMILES string of the molecule is CCC(=CCN(C)CC(C)(C)C)C(=O)O. The molecule has 0 aromatic carbocycles. The van der Waals surface area contributed by atoms with E-state index in [4.69, 9.17) is 5.11 Å². The van der Waals surface area contributed by atoms with Crippen LogP contribution in [0.2, 0.25) is 0 Å². The Labute approximate surface area is 92.8 Å². The maximum Gasteiger partial charge on any atom is 0.331 e. The molecule has 3 heteroatoms. The van der Waals surface area contributed by atoms with Gasteiger partial charge in [0.2, 0.25) is 0 Å². The van der Waals surface area contributed by atoms with Crippen LogP contribution in [0.5, 0.6) is 0 Å². The highest BCUT2D eigenvalue weighted by Crippen LogP contribution is 2.14. The van der Waals surface area contributed by atoms with E-state index in [2.05, 4.69) is 25.7 Å². The van der Waals surface area contributed by atoms with E-state index in [1.54, 1.807) is 6.08 Å². The Morgan fingerprint density at radius 1 is 1.40 bits per heavy atom. The zero-order valence-corrected chi connectivity index (χ0v) is 10.5. The summed E-state index contributed by atoms with van der Waals surface area (Å²) >= 11 is 0. The van der Waals surface area contributed by atoms with Crippen LogP contribution in [-0.4, -0.2) is 36.1 Å². The summed E-state index contributed by atoms with van der Waals surface area (Å²) in [5.74, 6) is -0.804. The molecule has 88 valence electrons. The smallest absolute Gasteiger partial charge is 0.331 e. The number of hydrogen-bond donors (Lipinski definition) is 1. The number of rotatable bonds is 5. The number of carboxylic acids is 1. The lowest BCUT2D eigenvalue weighted by Crippen LogP contribution is -2.29. The Bertz CT molecular complexity index is 238. The molecular weight excluding hydrogens is 190 g/mol. The molecule has 0 bridgehead atoms. The van der Waals surface area contributed by atoms with Crippen LogP contribution in [0, 0.1) is 5.41 Å². The summed E-state index contributed by atoms with van der Waals surface area (Å²) in [5.41, 5.74) is 0.744. The number of carbonyl (C=O) groups is 1. The van der Waals surface area contributed by atoms with E-state index < -0.39 is 5.97 Å². The minimum atomic E-state index is -0.804. The molecule has 0 radical (unpaired) electrons. The third-order valence-electron chi connectivity index (χ3n) is 2.05. The van der Waals surface area contributed by atoms with Gasteiger partial charge in [-0.15, -0.1) is 0 Å². The van der Waals surface area contributed by atoms with E-state index in [1.807, 2.05) is 14.0 Å². The van der Waals surface area contributed by atoms with Gasteiger partial charge < -0.3 is 10.0 Å². The molecule has 0 unspecified atom stereocenters. The zero-order valence-electron chi connectivity index (χ0n) is 10.5. The lowest BCUT2D eigenvalue weighted by molar-refractivity contribution is -0.132. The van der Waals surface area contributed by atoms with Gasteiger partial charge in [-0.25, -0.2) is 4.79 Å². The number of likely N-dealkylation sites (N-methyl/N-ethyl adjacent to an activating group) is 1. The van der Waals surface area contributed by atoms with Gasteiger partial charge >= 0.3 is 5.97 Å². The number of nitrogens with zero attached hydrogens (tertiary/aromatic N) is 1. The second-order valence-corrected chi connectivity index (χ2v) is 5.15. The molecule has 0 heterocycles. The minimum absolute atomic E-state index is 0.248. The van der Waals surface area contributed by atoms with Crippen LogP contribution in [0.4, 0.5) is 0 Å². The van der Waals surface area contributed by atoms with Crippen molar-refractivity contribution in [2.75, 3.05) is 20.1 Å². The molecule has 0 saturated carbocycles. The molecule has 0 atom stereocenters. The van der Waals surface area contributed by atoms with Gasteiger partial charge in [0.25, 0.3) is 0 Å². The molecule has 3 nitrogen and oxygen atoms in total. The van der Waals surface area contributed by atoms with Crippen molar-refractivity contribution < 1.29 is 9.90 Å². The topological polar surface area (TPSA) is 40.5 Å². The lowest BCUT2D eigenvalue weighted by Gasteiger charge is -2.25. The predicted molar refractivity (Wildman–Crippen MR) is 63.0 cm³/mol. The molecule has 0 spiro atoms. The molecule has 0 rings (SSSR count). The number of carboxylic acid groups (broad SMARTS) is 1. The van der Waals surface area contributed by atoms with E-state index in [0.29, 0.717) is 18.5 Å². The summed E-state index contributed by atoms with van der Waals surface area (Å²) in [6.07, 6.45) is 2.38. The summed E-state index contributed by atoms with van der Waals surface area (Å²) < 4.78 is 0. The van der Waals surface area contributed by atoms with Crippen LogP contribution in [0.1, 0.15) is 34.1 Å². The van der Waals surface area contributed by atoms with E-state index in [9.17, 15) is 4.79 Å². The summed E-state index contributed by atoms with van der Waals surface area (Å²) in [4.78, 5) is 12.9. The first kappa shape index (κ1) is 14.2. The number of hydrogen-bond acceptors (Lipinski definition) is 2. The van der Waals surface area contributed by atoms with Gasteiger partial charge in [-0.2, -0.15) is 0 Å². The molecule has 1 N–H and O–H groups in total. The maximum absolute atomic E-state index is 10.7. The molecule has 0 amide bonds. The lowest BCUT2D eigenvalue weighted by atomic mass is 9.96. The molecule has 15 heavy (non-hydrogen) atoms. The Morgan fingerprint density at radius 2 is 1.93 bits per heavy atom. The highest BCUT2D eigenvalue weighted by atomic mass is 16.4. The normalized spacial score (nSPS) is 13.3. The van der Waals surface area contributed by atoms with Crippen molar-refractivity contribution in [3.8, 4) is 0 Å². The third kappa shape index (κ3) is 7.14. The fourth-order valence-corrected chi connectivity index (χ4v) is 1.52. The van der Waals surface area contributed by atoms with Crippen LogP contribution in [0.15, 0.2) is 11.6 Å². The Morgan fingerprint density at radius 3 is 2.27 bits per heavy atom. The average molecular weight is 213 g/mol. The monoisotopic (exact) mass is 213 g/mol. The van der Waals surface area contributed by atoms with Gasteiger partial charge in [-0.05, 0) is 18.9 Å². The van der Waals surface area contributed by atoms with Gasteiger partial charge in [0, 0.05) is 18.7 Å². The Hall–Kier alpha value is -0.830. The first-order valence-electron chi connectivity index (χ1n) is 5.37. The molecular formula is C12H23NO2. The van der Waals surface area contributed by atoms with Crippen LogP contribution in [0.3, 0.4) is 0 Å². The highest BCUT2D eigenvalue weighted by Gasteiger charge is 2.13. The highest BCUT2D eigenvalue weighted by molar-refractivity contribution is 5.86. The fraction of sp³-hybridized carbons (Fsp3) is 0.750. The Balaban J connectivity index is 4.18. The summed E-state index contributed by atoms with van der Waals surface area (Å²) in [6.45, 7) is 10.0. The van der Waals surface area contributed by atoms with E-state index in [1.165, 1.54) is 0 Å². The van der Waals surface area contributed by atoms with Gasteiger partial charge in [-0.3, -0.25) is 0 Å². The molecule has 0 fully saturated rings. The van der Waals surface area contributed by atoms with E-state index in [-0.39, 0.29) is 5.41 Å². The van der Waals surface area contributed by atoms with Crippen LogP contribution in [0.25, 0.3) is 0 Å². The second-order valence-electron chi connectivity index (χ2n) is 5.15. The molecule has 0 saturated heterocycles. The van der Waals surface area contributed by atoms with Crippen molar-refractivity contribution in [3.05, 3.63) is 11.6 Å². The van der Waals surface area contributed by atoms with Gasteiger partial charge in [0.1, 0.15) is 0 Å². The van der Waals surface area contributed by atoms with Crippen molar-refractivity contribution >= 4 is 5.97 Å². The standard InChI is InChI=1S/C12H23NO2/c1-6-10(11(14)15)7-8-13(5)9-12(2,3)4/h7H,6,8-9H2,1-5H3,(H,14,15). The van der Waals surface area contributed by atoms with Crippen molar-refractivity contribution in [2.24, 2.45) is 5.41 Å². The first-order chi connectivity index (χ1) is 6.76. The summed E-state index contributed by atoms with van der Waals surface area (Å²) in [6, 6.07) is 0. The summed E-state index contributed by atoms with van der Waals surface area (Å²) in [7, 11) is 2.01.